The van der Waals surface area contributed by atoms with Crippen molar-refractivity contribution < 1.29 is 19.1 Å². The van der Waals surface area contributed by atoms with E-state index >= 15 is 0 Å². The molecule has 0 bridgehead atoms. The number of imide groups is 1. The fraction of sp³-hybridized carbons (Fsp3) is 0.0800. The Hall–Kier alpha value is -3.26. The molecule has 1 aliphatic heterocycles. The first-order valence-corrected chi connectivity index (χ1v) is 11.7. The molecule has 1 N–H and O–H groups in total. The molecule has 6 nitrogen and oxygen atoms in total. The van der Waals surface area contributed by atoms with Crippen LogP contribution in [-0.2, 0) is 16.2 Å². The Bertz CT molecular complexity index is 1280. The summed E-state index contributed by atoms with van der Waals surface area (Å²) in [5, 5.41) is 3.23. The minimum atomic E-state index is -0.518. The zero-order valence-corrected chi connectivity index (χ0v) is 20.0. The molecule has 4 rings (SSSR count). The number of hydrogen-bond acceptors (Lipinski definition) is 5. The van der Waals surface area contributed by atoms with E-state index in [1.54, 1.807) is 60.7 Å². The van der Waals surface area contributed by atoms with Crippen molar-refractivity contribution in [1.82, 2.24) is 4.90 Å². The Balaban J connectivity index is 1.36. The van der Waals surface area contributed by atoms with Crippen molar-refractivity contribution in [2.24, 2.45) is 0 Å². The van der Waals surface area contributed by atoms with Crippen LogP contribution in [-0.4, -0.2) is 28.5 Å². The van der Waals surface area contributed by atoms with Gasteiger partial charge in [-0.15, -0.1) is 0 Å². The summed E-state index contributed by atoms with van der Waals surface area (Å²) < 4.78 is 5.76. The number of thioether (sulfide) groups is 1. The van der Waals surface area contributed by atoms with Gasteiger partial charge in [-0.3, -0.25) is 19.3 Å². The molecule has 0 spiro atoms. The van der Waals surface area contributed by atoms with Gasteiger partial charge in [-0.05, 0) is 59.8 Å². The molecule has 0 radical (unpaired) electrons. The molecule has 1 aliphatic rings. The van der Waals surface area contributed by atoms with Gasteiger partial charge < -0.3 is 10.1 Å². The molecule has 3 aromatic rings. The maximum atomic E-state index is 12.7. The van der Waals surface area contributed by atoms with E-state index in [9.17, 15) is 14.4 Å². The van der Waals surface area contributed by atoms with Crippen LogP contribution in [0.4, 0.5) is 10.5 Å². The lowest BCUT2D eigenvalue weighted by atomic mass is 10.2. The topological polar surface area (TPSA) is 75.7 Å². The zero-order valence-electron chi connectivity index (χ0n) is 17.7. The number of benzene rings is 3. The molecule has 34 heavy (non-hydrogen) atoms. The van der Waals surface area contributed by atoms with Crippen LogP contribution in [0.5, 0.6) is 5.75 Å². The van der Waals surface area contributed by atoms with E-state index < -0.39 is 17.1 Å². The second-order valence-electron chi connectivity index (χ2n) is 7.28. The van der Waals surface area contributed by atoms with Crippen molar-refractivity contribution in [3.05, 3.63) is 98.9 Å². The van der Waals surface area contributed by atoms with Gasteiger partial charge in [0.25, 0.3) is 11.1 Å². The molecule has 3 aromatic carbocycles. The molecule has 0 atom stereocenters. The van der Waals surface area contributed by atoms with Crippen LogP contribution in [0.15, 0.2) is 77.7 Å². The van der Waals surface area contributed by atoms with Gasteiger partial charge in [0.2, 0.25) is 5.91 Å². The number of carbonyl (C=O) groups excluding carboxylic acids is 3. The van der Waals surface area contributed by atoms with E-state index in [1.165, 1.54) is 0 Å². The highest BCUT2D eigenvalue weighted by atomic mass is 35.5. The highest BCUT2D eigenvalue weighted by Gasteiger charge is 2.36. The van der Waals surface area contributed by atoms with Gasteiger partial charge in [-0.1, -0.05) is 59.6 Å². The number of hydrogen-bond donors (Lipinski definition) is 1. The highest BCUT2D eigenvalue weighted by Crippen LogP contribution is 2.32. The van der Waals surface area contributed by atoms with E-state index in [4.69, 9.17) is 27.9 Å². The summed E-state index contributed by atoms with van der Waals surface area (Å²) in [5.41, 5.74) is 2.08. The Kier molecular flexibility index (Phi) is 7.57. The van der Waals surface area contributed by atoms with Crippen molar-refractivity contribution in [1.29, 1.82) is 0 Å². The maximum absolute atomic E-state index is 12.7. The molecule has 1 fully saturated rings. The first-order chi connectivity index (χ1) is 16.4. The third-order valence-electron chi connectivity index (χ3n) is 4.81. The lowest BCUT2D eigenvalue weighted by Crippen LogP contribution is -2.36. The van der Waals surface area contributed by atoms with Crippen LogP contribution in [0, 0.1) is 0 Å². The van der Waals surface area contributed by atoms with Gasteiger partial charge >= 0.3 is 0 Å². The molecule has 172 valence electrons. The molecule has 9 heteroatoms. The SMILES string of the molecule is O=C(CN1C(=O)S/C(=C/c2ccc(OCc3ccccc3Cl)cc2)C1=O)Nc1cccc(Cl)c1. The summed E-state index contributed by atoms with van der Waals surface area (Å²) in [4.78, 5) is 38.5. The Morgan fingerprint density at radius 3 is 2.50 bits per heavy atom. The molecule has 0 aliphatic carbocycles. The number of halogens is 2. The van der Waals surface area contributed by atoms with Crippen molar-refractivity contribution in [2.45, 2.75) is 6.61 Å². The summed E-state index contributed by atoms with van der Waals surface area (Å²) in [6, 6.07) is 21.1. The van der Waals surface area contributed by atoms with Crippen LogP contribution in [0.25, 0.3) is 6.08 Å². The van der Waals surface area contributed by atoms with Gasteiger partial charge in [-0.2, -0.15) is 0 Å². The fourth-order valence-corrected chi connectivity index (χ4v) is 4.35. The zero-order chi connectivity index (χ0) is 24.1. The van der Waals surface area contributed by atoms with Crippen LogP contribution in [0.1, 0.15) is 11.1 Å². The molecule has 0 unspecified atom stereocenters. The average molecular weight is 513 g/mol. The predicted octanol–water partition coefficient (Wildman–Crippen LogP) is 6.25. The summed E-state index contributed by atoms with van der Waals surface area (Å²) in [5.74, 6) is -0.371. The summed E-state index contributed by atoms with van der Waals surface area (Å²) >= 11 is 12.8. The lowest BCUT2D eigenvalue weighted by Gasteiger charge is -2.12. The molecule has 1 heterocycles. The minimum absolute atomic E-state index is 0.241. The first kappa shape index (κ1) is 23.9. The van der Waals surface area contributed by atoms with E-state index in [0.717, 1.165) is 27.8 Å². The van der Waals surface area contributed by atoms with Crippen LogP contribution < -0.4 is 10.1 Å². The quantitative estimate of drug-likeness (QED) is 0.378. The number of nitrogens with zero attached hydrogens (tertiary/aromatic N) is 1. The van der Waals surface area contributed by atoms with Gasteiger partial charge in [0.15, 0.2) is 0 Å². The maximum Gasteiger partial charge on any atom is 0.294 e. The number of ether oxygens (including phenoxy) is 1. The molecule has 1 saturated heterocycles. The smallest absolute Gasteiger partial charge is 0.294 e. The van der Waals surface area contributed by atoms with Gasteiger partial charge in [0, 0.05) is 21.3 Å². The molecular weight excluding hydrogens is 495 g/mol. The van der Waals surface area contributed by atoms with E-state index in [2.05, 4.69) is 5.32 Å². The third kappa shape index (κ3) is 5.99. The first-order valence-electron chi connectivity index (χ1n) is 10.2. The number of anilines is 1. The van der Waals surface area contributed by atoms with Crippen molar-refractivity contribution >= 4 is 63.8 Å². The van der Waals surface area contributed by atoms with Crippen molar-refractivity contribution in [3.63, 3.8) is 0 Å². The molecule has 3 amide bonds. The van der Waals surface area contributed by atoms with E-state index in [0.29, 0.717) is 28.1 Å². The van der Waals surface area contributed by atoms with Crippen LogP contribution >= 0.6 is 35.0 Å². The summed E-state index contributed by atoms with van der Waals surface area (Å²) in [6.45, 7) is -0.0570. The Morgan fingerprint density at radius 2 is 1.76 bits per heavy atom. The van der Waals surface area contributed by atoms with Crippen molar-refractivity contribution in [2.75, 3.05) is 11.9 Å². The van der Waals surface area contributed by atoms with E-state index in [-0.39, 0.29) is 11.4 Å². The Morgan fingerprint density at radius 1 is 1.00 bits per heavy atom. The largest absolute Gasteiger partial charge is 0.489 e. The van der Waals surface area contributed by atoms with Gasteiger partial charge in [-0.25, -0.2) is 0 Å². The third-order valence-corrected chi connectivity index (χ3v) is 6.32. The monoisotopic (exact) mass is 512 g/mol. The average Bonchev–Trinajstić information content (AvgIpc) is 3.07. The molecule has 0 saturated carbocycles. The standard InChI is InChI=1S/C25H18Cl2N2O4S/c26-18-5-3-6-19(13-18)28-23(30)14-29-24(31)22(34-25(29)32)12-16-8-10-20(11-9-16)33-15-17-4-1-2-7-21(17)27/h1-13H,14-15H2,(H,28,30)/b22-12+. The number of rotatable bonds is 7. The Labute approximate surface area is 210 Å². The fourth-order valence-electron chi connectivity index (χ4n) is 3.13. The number of amides is 3. The van der Waals surface area contributed by atoms with Crippen LogP contribution in [0.3, 0.4) is 0 Å². The van der Waals surface area contributed by atoms with Crippen LogP contribution in [0.2, 0.25) is 10.0 Å². The lowest BCUT2D eigenvalue weighted by molar-refractivity contribution is -0.127. The van der Waals surface area contributed by atoms with E-state index in [1.807, 2.05) is 18.2 Å². The minimum Gasteiger partial charge on any atom is -0.489 e. The van der Waals surface area contributed by atoms with Gasteiger partial charge in [0.05, 0.1) is 4.91 Å². The summed E-state index contributed by atoms with van der Waals surface area (Å²) in [6.07, 6.45) is 1.61. The molecular formula is C25H18Cl2N2O4S. The number of carbonyl (C=O) groups is 3. The second kappa shape index (κ2) is 10.8. The molecule has 0 aromatic heterocycles. The second-order valence-corrected chi connectivity index (χ2v) is 9.11. The highest BCUT2D eigenvalue weighted by molar-refractivity contribution is 8.18. The van der Waals surface area contributed by atoms with Crippen molar-refractivity contribution in [3.8, 4) is 5.75 Å². The summed E-state index contributed by atoms with van der Waals surface area (Å²) in [7, 11) is 0. The normalized spacial score (nSPS) is 14.5. The predicted molar refractivity (Wildman–Crippen MR) is 135 cm³/mol. The number of nitrogens with one attached hydrogen (secondary N) is 1. The van der Waals surface area contributed by atoms with Gasteiger partial charge in [0.1, 0.15) is 18.9 Å².